The summed E-state index contributed by atoms with van der Waals surface area (Å²) in [5, 5.41) is 30.2. The van der Waals surface area contributed by atoms with E-state index in [4.69, 9.17) is 16.3 Å². The van der Waals surface area contributed by atoms with Crippen molar-refractivity contribution in [2.75, 3.05) is 23.8 Å². The van der Waals surface area contributed by atoms with Crippen molar-refractivity contribution < 1.29 is 24.3 Å². The van der Waals surface area contributed by atoms with Gasteiger partial charge in [0.15, 0.2) is 10.8 Å². The molecule has 5 rings (SSSR count). The van der Waals surface area contributed by atoms with Crippen LogP contribution in [0.2, 0.25) is 0 Å². The van der Waals surface area contributed by atoms with E-state index in [1.54, 1.807) is 10.1 Å². The van der Waals surface area contributed by atoms with E-state index in [9.17, 15) is 19.5 Å². The predicted octanol–water partition coefficient (Wildman–Crippen LogP) is 0.255. The third-order valence-corrected chi connectivity index (χ3v) is 9.62. The van der Waals surface area contributed by atoms with Crippen LogP contribution in [0.25, 0.3) is 0 Å². The van der Waals surface area contributed by atoms with Gasteiger partial charge in [0.25, 0.3) is 11.8 Å². The quantitative estimate of drug-likeness (QED) is 0.110. The van der Waals surface area contributed by atoms with Crippen LogP contribution in [0, 0.1) is 0 Å². The molecule has 6 N–H and O–H groups in total. The van der Waals surface area contributed by atoms with Crippen LogP contribution in [-0.2, 0) is 25.8 Å². The number of carboxylic acid groups (broad SMARTS) is 1. The number of aliphatic carboxylic acids is 1. The van der Waals surface area contributed by atoms with Crippen LogP contribution in [0.3, 0.4) is 0 Å². The monoisotopic (exact) mass is 608 g/mol. The number of carbonyl (C=O) groups excluding carboxylic acids is 2. The van der Waals surface area contributed by atoms with E-state index in [0.717, 1.165) is 37.0 Å². The molecule has 1 saturated heterocycles. The highest BCUT2D eigenvalue weighted by molar-refractivity contribution is 8.01. The molecule has 1 aliphatic carbocycles. The number of aryl methyl sites for hydroxylation is 1. The number of carboxylic acids is 1. The standard InChI is InChI=1S/C22H28N10O5S3/c23-6-3-7-31-22(27-29-30-31)40-9-11-8-38-19-15(18(34)32(19)16(11)20(35)36)26-17(33)14(13-10-39-21(24)25-13)28-37-12-4-1-2-5-12/h10,12,15,19H,1-9,23H2,(H2,24,25)(H,26,33)(H,35,36)/b28-14+/t15?,19-/m1/s1. The minimum absolute atomic E-state index is 0.0784. The summed E-state index contributed by atoms with van der Waals surface area (Å²) in [6.07, 6.45) is 4.37. The van der Waals surface area contributed by atoms with Crippen molar-refractivity contribution in [1.29, 1.82) is 0 Å². The Morgan fingerprint density at radius 3 is 2.83 bits per heavy atom. The molecule has 3 aliphatic rings. The molecule has 0 aromatic carbocycles. The van der Waals surface area contributed by atoms with Crippen molar-refractivity contribution in [2.45, 2.75) is 61.3 Å². The fraction of sp³-hybridized carbons (Fsp3) is 0.545. The maximum Gasteiger partial charge on any atom is 0.352 e. The second-order valence-electron chi connectivity index (χ2n) is 9.26. The molecule has 2 fully saturated rings. The van der Waals surface area contributed by atoms with Gasteiger partial charge in [-0.15, -0.1) is 28.2 Å². The Bertz CT molecular complexity index is 1340. The van der Waals surface area contributed by atoms with Crippen molar-refractivity contribution in [3.8, 4) is 0 Å². The number of rotatable bonds is 12. The van der Waals surface area contributed by atoms with Crippen molar-refractivity contribution >= 4 is 63.5 Å². The van der Waals surface area contributed by atoms with Gasteiger partial charge < -0.3 is 26.7 Å². The largest absolute Gasteiger partial charge is 0.477 e. The number of thiazole rings is 1. The number of hydrogen-bond donors (Lipinski definition) is 4. The molecular weight excluding hydrogens is 581 g/mol. The summed E-state index contributed by atoms with van der Waals surface area (Å²) in [5.74, 6) is -1.74. The number of β-lactam (4-membered cyclic amide) rings is 1. The molecule has 2 aromatic heterocycles. The SMILES string of the molecule is NCCCn1nnnc1SCC1=C(C(=O)O)N2C(=O)C(NC(=O)/C(=N/OC3CCCC3)c3csc(N)n3)[C@H]2SC1. The number of thioether (sulfide) groups is 2. The molecule has 0 radical (unpaired) electrons. The number of nitrogens with two attached hydrogens (primary N) is 2. The number of hydrogen-bond acceptors (Lipinski definition) is 14. The van der Waals surface area contributed by atoms with Crippen molar-refractivity contribution in [2.24, 2.45) is 10.9 Å². The van der Waals surface area contributed by atoms with E-state index in [1.807, 2.05) is 0 Å². The Balaban J connectivity index is 1.28. The smallest absolute Gasteiger partial charge is 0.352 e. The maximum atomic E-state index is 13.3. The molecule has 2 aromatic rings. The number of amides is 2. The first kappa shape index (κ1) is 28.3. The molecule has 2 atom stereocenters. The molecule has 1 saturated carbocycles. The number of nitrogen functional groups attached to an aromatic ring is 1. The molecule has 0 bridgehead atoms. The Hall–Kier alpha value is -3.22. The van der Waals surface area contributed by atoms with Crippen LogP contribution in [-0.4, -0.2) is 94.3 Å². The van der Waals surface area contributed by atoms with E-state index >= 15 is 0 Å². The van der Waals surface area contributed by atoms with Crippen LogP contribution in [0.1, 0.15) is 37.8 Å². The lowest BCUT2D eigenvalue weighted by molar-refractivity contribution is -0.150. The first-order valence-corrected chi connectivity index (χ1v) is 15.5. The van der Waals surface area contributed by atoms with Gasteiger partial charge in [-0.2, -0.15) is 0 Å². The van der Waals surface area contributed by atoms with Crippen molar-refractivity contribution in [1.82, 2.24) is 35.4 Å². The summed E-state index contributed by atoms with van der Waals surface area (Å²) in [5.41, 5.74) is 12.0. The first-order valence-electron chi connectivity index (χ1n) is 12.6. The van der Waals surface area contributed by atoms with E-state index < -0.39 is 29.2 Å². The average Bonchev–Trinajstić information content (AvgIpc) is 3.71. The van der Waals surface area contributed by atoms with Crippen LogP contribution in [0.4, 0.5) is 5.13 Å². The fourth-order valence-corrected chi connectivity index (χ4v) is 7.49. The summed E-state index contributed by atoms with van der Waals surface area (Å²) >= 11 is 3.82. The summed E-state index contributed by atoms with van der Waals surface area (Å²) in [7, 11) is 0. The molecule has 18 heteroatoms. The zero-order valence-electron chi connectivity index (χ0n) is 21.3. The van der Waals surface area contributed by atoms with Gasteiger partial charge in [0.2, 0.25) is 5.16 Å². The molecule has 15 nitrogen and oxygen atoms in total. The van der Waals surface area contributed by atoms with Gasteiger partial charge in [-0.3, -0.25) is 14.5 Å². The lowest BCUT2D eigenvalue weighted by Gasteiger charge is -2.49. The van der Waals surface area contributed by atoms with E-state index in [0.29, 0.717) is 36.0 Å². The molecule has 214 valence electrons. The van der Waals surface area contributed by atoms with Gasteiger partial charge in [-0.05, 0) is 54.6 Å². The first-order chi connectivity index (χ1) is 19.4. The van der Waals surface area contributed by atoms with Gasteiger partial charge in [-0.1, -0.05) is 16.9 Å². The fourth-order valence-electron chi connectivity index (χ4n) is 4.56. The minimum Gasteiger partial charge on any atom is -0.477 e. The van der Waals surface area contributed by atoms with Crippen LogP contribution < -0.4 is 16.8 Å². The number of nitrogens with one attached hydrogen (secondary N) is 1. The number of aromatic nitrogens is 5. The van der Waals surface area contributed by atoms with E-state index in [2.05, 4.69) is 31.0 Å². The van der Waals surface area contributed by atoms with Crippen LogP contribution >= 0.6 is 34.9 Å². The van der Waals surface area contributed by atoms with Gasteiger partial charge in [-0.25, -0.2) is 14.5 Å². The van der Waals surface area contributed by atoms with E-state index in [1.165, 1.54) is 28.4 Å². The third kappa shape index (κ3) is 5.93. The molecule has 2 amide bonds. The Labute approximate surface area is 241 Å². The highest BCUT2D eigenvalue weighted by atomic mass is 32.2. The number of nitrogens with zero attached hydrogens (tertiary/aromatic N) is 7. The van der Waals surface area contributed by atoms with Crippen molar-refractivity contribution in [3.63, 3.8) is 0 Å². The number of carbonyl (C=O) groups is 3. The summed E-state index contributed by atoms with van der Waals surface area (Å²) in [6, 6.07) is -0.933. The van der Waals surface area contributed by atoms with Gasteiger partial charge in [0.05, 0.1) is 0 Å². The zero-order valence-corrected chi connectivity index (χ0v) is 23.7. The normalized spacial score (nSPS) is 21.4. The second kappa shape index (κ2) is 12.5. The van der Waals surface area contributed by atoms with Crippen LogP contribution in [0.5, 0.6) is 0 Å². The van der Waals surface area contributed by atoms with Gasteiger partial charge in [0, 0.05) is 23.4 Å². The maximum absolute atomic E-state index is 13.3. The Morgan fingerprint density at radius 2 is 2.12 bits per heavy atom. The average molecular weight is 609 g/mol. The predicted molar refractivity (Wildman–Crippen MR) is 148 cm³/mol. The molecule has 4 heterocycles. The zero-order chi connectivity index (χ0) is 28.2. The second-order valence-corrected chi connectivity index (χ2v) is 12.2. The topological polar surface area (TPSA) is 217 Å². The molecule has 0 spiro atoms. The van der Waals surface area contributed by atoms with E-state index in [-0.39, 0.29) is 34.1 Å². The summed E-state index contributed by atoms with van der Waals surface area (Å²) in [4.78, 5) is 49.6. The summed E-state index contributed by atoms with van der Waals surface area (Å²) in [6.45, 7) is 1.04. The van der Waals surface area contributed by atoms with Crippen LogP contribution in [0.15, 0.2) is 27.0 Å². The Kier molecular flexibility index (Phi) is 8.87. The van der Waals surface area contributed by atoms with Crippen molar-refractivity contribution in [3.05, 3.63) is 22.3 Å². The lowest BCUT2D eigenvalue weighted by Crippen LogP contribution is -2.71. The molecule has 1 unspecified atom stereocenters. The lowest BCUT2D eigenvalue weighted by atomic mass is 10.0. The molecule has 40 heavy (non-hydrogen) atoms. The molecule has 2 aliphatic heterocycles. The minimum atomic E-state index is -1.22. The van der Waals surface area contributed by atoms with Gasteiger partial charge in [0.1, 0.15) is 28.9 Å². The number of tetrazole rings is 1. The number of anilines is 1. The summed E-state index contributed by atoms with van der Waals surface area (Å²) < 4.78 is 1.61. The third-order valence-electron chi connectivity index (χ3n) is 6.56. The van der Waals surface area contributed by atoms with Gasteiger partial charge >= 0.3 is 5.97 Å². The highest BCUT2D eigenvalue weighted by Crippen LogP contribution is 2.41. The number of oxime groups is 1. The number of fused-ring (bicyclic) bond motifs is 1. The highest BCUT2D eigenvalue weighted by Gasteiger charge is 2.54. The molecular formula is C22H28N10O5S3. The Morgan fingerprint density at radius 1 is 1.32 bits per heavy atom.